The van der Waals surface area contributed by atoms with Crippen molar-refractivity contribution in [3.8, 4) is 23.2 Å². The molecule has 0 atom stereocenters. The molecule has 1 amide bonds. The highest BCUT2D eigenvalue weighted by Gasteiger charge is 2.27. The van der Waals surface area contributed by atoms with Crippen molar-refractivity contribution < 1.29 is 23.9 Å². The molecule has 38 heavy (non-hydrogen) atoms. The van der Waals surface area contributed by atoms with E-state index in [4.69, 9.17) is 14.2 Å². The molecule has 0 N–H and O–H groups in total. The molecule has 0 aliphatic carbocycles. The molecule has 12 heteroatoms. The predicted octanol–water partition coefficient (Wildman–Crippen LogP) is 4.39. The van der Waals surface area contributed by atoms with Crippen molar-refractivity contribution in [3.05, 3.63) is 68.6 Å². The number of carbonyl (C=O) groups is 1. The van der Waals surface area contributed by atoms with Gasteiger partial charge in [-0.05, 0) is 63.3 Å². The number of nitro groups is 1. The molecule has 0 spiro atoms. The van der Waals surface area contributed by atoms with Crippen LogP contribution in [0, 0.1) is 10.1 Å². The first-order valence-electron chi connectivity index (χ1n) is 12.2. The van der Waals surface area contributed by atoms with E-state index in [-0.39, 0.29) is 29.5 Å². The number of likely N-dealkylation sites (tertiary alicyclic amines) is 1. The Morgan fingerprint density at radius 3 is 2.34 bits per heavy atom. The fourth-order valence-electron chi connectivity index (χ4n) is 4.33. The van der Waals surface area contributed by atoms with E-state index in [2.05, 4.69) is 5.10 Å². The van der Waals surface area contributed by atoms with Crippen molar-refractivity contribution in [2.45, 2.75) is 45.1 Å². The second kappa shape index (κ2) is 10.6. The molecule has 12 nitrogen and oxygen atoms in total. The topological polar surface area (TPSA) is 131 Å². The first-order chi connectivity index (χ1) is 18.0. The van der Waals surface area contributed by atoms with Gasteiger partial charge in [0, 0.05) is 32.3 Å². The van der Waals surface area contributed by atoms with Gasteiger partial charge in [-0.15, -0.1) is 5.10 Å². The van der Waals surface area contributed by atoms with Crippen LogP contribution in [0.4, 0.5) is 10.5 Å². The minimum atomic E-state index is -0.546. The van der Waals surface area contributed by atoms with Gasteiger partial charge in [0.2, 0.25) is 5.75 Å². The second-order valence-corrected chi connectivity index (χ2v) is 10.1. The summed E-state index contributed by atoms with van der Waals surface area (Å²) in [5.41, 5.74) is 0.162. The standard InChI is InChI=1S/C26H31N5O7/c1-26(2,3)38-25(33)29-14-12-18(13-15-29)17-6-9-20(10-7-17)37-22-16-19(8-11-21(22)31(34)35)30-23(36-5)27-28(4)24(30)32/h6-11,16,18H,12-15H2,1-5H3. The lowest BCUT2D eigenvalue weighted by Crippen LogP contribution is -2.41. The SMILES string of the molecule is COc1nn(C)c(=O)n1-c1ccc([N+](=O)[O-])c(Oc2ccc(C3CCN(C(=O)OC(C)(C)C)CC3)cc2)c1. The van der Waals surface area contributed by atoms with Gasteiger partial charge in [0.25, 0.3) is 0 Å². The zero-order valence-electron chi connectivity index (χ0n) is 22.0. The van der Waals surface area contributed by atoms with Crippen LogP contribution in [0.1, 0.15) is 45.1 Å². The Hall–Kier alpha value is -4.35. The van der Waals surface area contributed by atoms with Gasteiger partial charge < -0.3 is 19.1 Å². The molecular weight excluding hydrogens is 494 g/mol. The maximum atomic E-state index is 12.5. The van der Waals surface area contributed by atoms with Gasteiger partial charge >= 0.3 is 23.5 Å². The number of amides is 1. The second-order valence-electron chi connectivity index (χ2n) is 10.1. The van der Waals surface area contributed by atoms with Crippen LogP contribution in [0.5, 0.6) is 17.5 Å². The Kier molecular flexibility index (Phi) is 7.42. The highest BCUT2D eigenvalue weighted by molar-refractivity contribution is 5.68. The Morgan fingerprint density at radius 2 is 1.76 bits per heavy atom. The number of hydrogen-bond acceptors (Lipinski definition) is 8. The number of methoxy groups -OCH3 is 1. The largest absolute Gasteiger partial charge is 0.467 e. The van der Waals surface area contributed by atoms with Crippen molar-refractivity contribution in [1.82, 2.24) is 19.2 Å². The smallest absolute Gasteiger partial charge is 0.410 e. The van der Waals surface area contributed by atoms with Crippen molar-refractivity contribution in [2.75, 3.05) is 20.2 Å². The number of rotatable bonds is 6. The molecule has 2 heterocycles. The summed E-state index contributed by atoms with van der Waals surface area (Å²) in [7, 11) is 2.86. The Morgan fingerprint density at radius 1 is 1.11 bits per heavy atom. The van der Waals surface area contributed by atoms with Crippen LogP contribution in [0.3, 0.4) is 0 Å². The van der Waals surface area contributed by atoms with E-state index >= 15 is 0 Å². The average Bonchev–Trinajstić information content (AvgIpc) is 3.16. The number of piperidine rings is 1. The number of hydrogen-bond donors (Lipinski definition) is 0. The van der Waals surface area contributed by atoms with Crippen molar-refractivity contribution in [3.63, 3.8) is 0 Å². The molecule has 0 bridgehead atoms. The molecule has 1 saturated heterocycles. The quantitative estimate of drug-likeness (QED) is 0.342. The van der Waals surface area contributed by atoms with E-state index in [0.717, 1.165) is 23.1 Å². The van der Waals surface area contributed by atoms with Gasteiger partial charge in [0.1, 0.15) is 11.4 Å². The molecule has 2 aromatic carbocycles. The first kappa shape index (κ1) is 26.7. The van der Waals surface area contributed by atoms with Crippen LogP contribution >= 0.6 is 0 Å². The molecule has 1 aromatic heterocycles. The highest BCUT2D eigenvalue weighted by Crippen LogP contribution is 2.35. The maximum absolute atomic E-state index is 12.5. The highest BCUT2D eigenvalue weighted by atomic mass is 16.6. The molecule has 0 saturated carbocycles. The molecule has 0 unspecified atom stereocenters. The van der Waals surface area contributed by atoms with E-state index in [1.807, 2.05) is 32.9 Å². The lowest BCUT2D eigenvalue weighted by molar-refractivity contribution is -0.385. The van der Waals surface area contributed by atoms with Crippen LogP contribution in [0.25, 0.3) is 5.69 Å². The summed E-state index contributed by atoms with van der Waals surface area (Å²) in [6.07, 6.45) is 1.30. The van der Waals surface area contributed by atoms with E-state index < -0.39 is 16.2 Å². The lowest BCUT2D eigenvalue weighted by Gasteiger charge is -2.33. The molecule has 1 aliphatic heterocycles. The number of nitrogens with zero attached hydrogens (tertiary/aromatic N) is 5. The summed E-state index contributed by atoms with van der Waals surface area (Å²) in [6.45, 7) is 6.76. The van der Waals surface area contributed by atoms with Crippen molar-refractivity contribution >= 4 is 11.8 Å². The zero-order chi connectivity index (χ0) is 27.6. The summed E-state index contributed by atoms with van der Waals surface area (Å²) in [5.74, 6) is 0.653. The van der Waals surface area contributed by atoms with Gasteiger partial charge in [-0.25, -0.2) is 18.8 Å². The number of benzene rings is 2. The Labute approximate surface area is 219 Å². The maximum Gasteiger partial charge on any atom is 0.410 e. The molecule has 4 rings (SSSR count). The normalized spacial score (nSPS) is 14.3. The molecule has 3 aromatic rings. The lowest BCUT2D eigenvalue weighted by atomic mass is 9.89. The van der Waals surface area contributed by atoms with Crippen LogP contribution in [-0.2, 0) is 11.8 Å². The molecular formula is C26H31N5O7. The number of aromatic nitrogens is 3. The fourth-order valence-corrected chi connectivity index (χ4v) is 4.33. The van der Waals surface area contributed by atoms with Gasteiger partial charge in [0.15, 0.2) is 0 Å². The zero-order valence-corrected chi connectivity index (χ0v) is 22.0. The van der Waals surface area contributed by atoms with Crippen LogP contribution in [-0.4, -0.2) is 56.1 Å². The van der Waals surface area contributed by atoms with Gasteiger partial charge in [0.05, 0.1) is 17.7 Å². The van der Waals surface area contributed by atoms with Crippen LogP contribution in [0.15, 0.2) is 47.3 Å². The van der Waals surface area contributed by atoms with E-state index in [1.165, 1.54) is 36.9 Å². The molecule has 1 aliphatic rings. The average molecular weight is 526 g/mol. The monoisotopic (exact) mass is 525 g/mol. The van der Waals surface area contributed by atoms with E-state index in [9.17, 15) is 19.7 Å². The fraction of sp³-hybridized carbons (Fsp3) is 0.423. The molecule has 202 valence electrons. The van der Waals surface area contributed by atoms with Gasteiger partial charge in [-0.2, -0.15) is 0 Å². The third-order valence-electron chi connectivity index (χ3n) is 6.20. The van der Waals surface area contributed by atoms with Crippen molar-refractivity contribution in [1.29, 1.82) is 0 Å². The van der Waals surface area contributed by atoms with Gasteiger partial charge in [-0.3, -0.25) is 10.1 Å². The molecule has 0 radical (unpaired) electrons. The Bertz CT molecular complexity index is 1380. The minimum Gasteiger partial charge on any atom is -0.467 e. The van der Waals surface area contributed by atoms with Crippen LogP contribution in [0.2, 0.25) is 0 Å². The van der Waals surface area contributed by atoms with E-state index in [0.29, 0.717) is 24.5 Å². The minimum absolute atomic E-state index is 0.0243. The molecule has 1 fully saturated rings. The first-order valence-corrected chi connectivity index (χ1v) is 12.2. The number of carbonyl (C=O) groups excluding carboxylic acids is 1. The number of aryl methyl sites for hydroxylation is 1. The van der Waals surface area contributed by atoms with Crippen LogP contribution < -0.4 is 15.2 Å². The number of ether oxygens (including phenoxy) is 3. The third-order valence-corrected chi connectivity index (χ3v) is 6.20. The predicted molar refractivity (Wildman–Crippen MR) is 138 cm³/mol. The summed E-state index contributed by atoms with van der Waals surface area (Å²) >= 11 is 0. The summed E-state index contributed by atoms with van der Waals surface area (Å²) < 4.78 is 18.8. The number of nitro benzene ring substituents is 1. The van der Waals surface area contributed by atoms with Crippen molar-refractivity contribution in [2.24, 2.45) is 7.05 Å². The summed E-state index contributed by atoms with van der Waals surface area (Å²) in [6, 6.07) is 11.5. The summed E-state index contributed by atoms with van der Waals surface area (Å²) in [4.78, 5) is 37.7. The van der Waals surface area contributed by atoms with Gasteiger partial charge in [-0.1, -0.05) is 12.1 Å². The van der Waals surface area contributed by atoms with E-state index in [1.54, 1.807) is 17.0 Å². The Balaban J connectivity index is 1.50. The summed E-state index contributed by atoms with van der Waals surface area (Å²) in [5, 5.41) is 15.6. The third kappa shape index (κ3) is 5.79.